The lowest BCUT2D eigenvalue weighted by Crippen LogP contribution is -2.53. The van der Waals surface area contributed by atoms with E-state index in [9.17, 15) is 14.4 Å². The molecule has 0 bridgehead atoms. The Morgan fingerprint density at radius 2 is 1.64 bits per heavy atom. The van der Waals surface area contributed by atoms with Gasteiger partial charge in [-0.1, -0.05) is 72.6 Å². The molecule has 0 radical (unpaired) electrons. The van der Waals surface area contributed by atoms with Crippen molar-refractivity contribution < 1.29 is 28.6 Å². The van der Waals surface area contributed by atoms with Gasteiger partial charge in [0.05, 0.1) is 19.8 Å². The second-order valence-electron chi connectivity index (χ2n) is 9.99. The zero-order valence-corrected chi connectivity index (χ0v) is 25.7. The summed E-state index contributed by atoms with van der Waals surface area (Å²) in [5.41, 5.74) is 1.65. The molecule has 0 aliphatic carbocycles. The van der Waals surface area contributed by atoms with Gasteiger partial charge in [-0.25, -0.2) is 4.79 Å². The number of ether oxygens (including phenoxy) is 3. The Balaban J connectivity index is 1.48. The van der Waals surface area contributed by atoms with Gasteiger partial charge in [-0.3, -0.25) is 19.8 Å². The van der Waals surface area contributed by atoms with Gasteiger partial charge < -0.3 is 14.2 Å². The van der Waals surface area contributed by atoms with Crippen molar-refractivity contribution in [3.63, 3.8) is 0 Å². The number of carbonyl (C=O) groups excluding carboxylic acids is 3. The Kier molecular flexibility index (Phi) is 9.72. The number of hydrogen-bond donors (Lipinski definition) is 1. The number of halogens is 2. The molecule has 1 heterocycles. The van der Waals surface area contributed by atoms with Crippen LogP contribution in [0.25, 0.3) is 16.8 Å². The first-order valence-electron chi connectivity index (χ1n) is 14.1. The van der Waals surface area contributed by atoms with E-state index in [0.29, 0.717) is 57.2 Å². The number of nitrogens with one attached hydrogen (secondary N) is 1. The van der Waals surface area contributed by atoms with E-state index in [2.05, 4.69) is 5.32 Å². The largest absolute Gasteiger partial charge is 0.490 e. The highest BCUT2D eigenvalue weighted by Crippen LogP contribution is 2.33. The van der Waals surface area contributed by atoms with E-state index in [1.54, 1.807) is 42.5 Å². The van der Waals surface area contributed by atoms with E-state index in [-0.39, 0.29) is 18.7 Å². The van der Waals surface area contributed by atoms with Crippen LogP contribution in [0.15, 0.2) is 78.4 Å². The van der Waals surface area contributed by atoms with Crippen LogP contribution < -0.4 is 19.5 Å². The standard InChI is InChI=1S/C34H30Cl2N2O6/c1-3-15-43-30-13-9-21(16-31(30)42-4-2)19-38-33(40)27(32(39)37-34(38)41)18-26-25-8-6-5-7-22(25)11-14-29(26)44-20-23-10-12-24(35)17-28(23)36/h5-14,16-18H,3-4,15,19-20H2,1-2H3,(H,37,39,41)/b27-18+. The Hall–Kier alpha value is -4.53. The average Bonchev–Trinajstić information content (AvgIpc) is 3.01. The van der Waals surface area contributed by atoms with Crippen molar-refractivity contribution >= 4 is 57.9 Å². The maximum atomic E-state index is 13.7. The van der Waals surface area contributed by atoms with Crippen molar-refractivity contribution in [1.82, 2.24) is 10.2 Å². The molecule has 0 saturated carbocycles. The Morgan fingerprint density at radius 1 is 0.841 bits per heavy atom. The predicted molar refractivity (Wildman–Crippen MR) is 170 cm³/mol. The van der Waals surface area contributed by atoms with Crippen LogP contribution in [0, 0.1) is 0 Å². The smallest absolute Gasteiger partial charge is 0.331 e. The van der Waals surface area contributed by atoms with Crippen LogP contribution in [0.3, 0.4) is 0 Å². The Labute approximate surface area is 265 Å². The molecule has 1 aliphatic heterocycles. The first kappa shape index (κ1) is 30.9. The minimum Gasteiger partial charge on any atom is -0.490 e. The number of imide groups is 2. The first-order chi connectivity index (χ1) is 21.3. The molecule has 0 unspecified atom stereocenters. The molecule has 226 valence electrons. The first-order valence-corrected chi connectivity index (χ1v) is 14.9. The van der Waals surface area contributed by atoms with Crippen LogP contribution >= 0.6 is 23.2 Å². The van der Waals surface area contributed by atoms with Crippen LogP contribution in [0.2, 0.25) is 10.0 Å². The molecule has 1 aliphatic rings. The Morgan fingerprint density at radius 3 is 2.41 bits per heavy atom. The van der Waals surface area contributed by atoms with Crippen LogP contribution in [0.5, 0.6) is 17.2 Å². The summed E-state index contributed by atoms with van der Waals surface area (Å²) in [6.45, 7) is 4.83. The minimum absolute atomic E-state index is 0.0859. The van der Waals surface area contributed by atoms with Gasteiger partial charge in [0.25, 0.3) is 11.8 Å². The van der Waals surface area contributed by atoms with E-state index in [1.165, 1.54) is 6.08 Å². The van der Waals surface area contributed by atoms with Crippen molar-refractivity contribution in [3.8, 4) is 17.2 Å². The fourth-order valence-electron chi connectivity index (χ4n) is 4.76. The lowest BCUT2D eigenvalue weighted by atomic mass is 9.99. The van der Waals surface area contributed by atoms with E-state index in [4.69, 9.17) is 37.4 Å². The molecule has 0 atom stereocenters. The van der Waals surface area contributed by atoms with Crippen LogP contribution in [-0.4, -0.2) is 36.0 Å². The van der Waals surface area contributed by atoms with Gasteiger partial charge >= 0.3 is 6.03 Å². The van der Waals surface area contributed by atoms with Crippen LogP contribution in [0.4, 0.5) is 4.79 Å². The van der Waals surface area contributed by atoms with Gasteiger partial charge in [-0.05, 0) is 66.1 Å². The van der Waals surface area contributed by atoms with Crippen molar-refractivity contribution in [2.45, 2.75) is 33.4 Å². The van der Waals surface area contributed by atoms with Crippen molar-refractivity contribution in [2.24, 2.45) is 0 Å². The summed E-state index contributed by atoms with van der Waals surface area (Å²) in [5.74, 6) is -0.0216. The number of urea groups is 1. The zero-order chi connectivity index (χ0) is 31.2. The third kappa shape index (κ3) is 6.82. The molecule has 0 aromatic heterocycles. The second kappa shape index (κ2) is 13.8. The lowest BCUT2D eigenvalue weighted by Gasteiger charge is -2.27. The molecule has 4 aromatic rings. The van der Waals surface area contributed by atoms with Crippen molar-refractivity contribution in [3.05, 3.63) is 105 Å². The maximum absolute atomic E-state index is 13.7. The maximum Gasteiger partial charge on any atom is 0.331 e. The summed E-state index contributed by atoms with van der Waals surface area (Å²) in [7, 11) is 0. The van der Waals surface area contributed by atoms with Gasteiger partial charge in [-0.15, -0.1) is 0 Å². The van der Waals surface area contributed by atoms with E-state index in [1.807, 2.05) is 44.2 Å². The van der Waals surface area contributed by atoms with Crippen molar-refractivity contribution in [2.75, 3.05) is 13.2 Å². The lowest BCUT2D eigenvalue weighted by molar-refractivity contribution is -0.130. The summed E-state index contributed by atoms with van der Waals surface area (Å²) >= 11 is 12.4. The van der Waals surface area contributed by atoms with Gasteiger partial charge in [0, 0.05) is 21.2 Å². The summed E-state index contributed by atoms with van der Waals surface area (Å²) in [6, 6.07) is 20.7. The fourth-order valence-corrected chi connectivity index (χ4v) is 5.22. The summed E-state index contributed by atoms with van der Waals surface area (Å²) in [5, 5.41) is 4.89. The van der Waals surface area contributed by atoms with Crippen LogP contribution in [0.1, 0.15) is 37.0 Å². The average molecular weight is 634 g/mol. The van der Waals surface area contributed by atoms with E-state index >= 15 is 0 Å². The highest BCUT2D eigenvalue weighted by Gasteiger charge is 2.36. The molecule has 1 fully saturated rings. The zero-order valence-electron chi connectivity index (χ0n) is 24.2. The molecule has 1 saturated heterocycles. The third-order valence-corrected chi connectivity index (χ3v) is 7.50. The van der Waals surface area contributed by atoms with Gasteiger partial charge in [0.2, 0.25) is 0 Å². The number of carbonyl (C=O) groups is 3. The number of fused-ring (bicyclic) bond motifs is 1. The summed E-state index contributed by atoms with van der Waals surface area (Å²) < 4.78 is 17.7. The number of hydrogen-bond acceptors (Lipinski definition) is 6. The summed E-state index contributed by atoms with van der Waals surface area (Å²) in [4.78, 5) is 40.6. The predicted octanol–water partition coefficient (Wildman–Crippen LogP) is 7.58. The highest BCUT2D eigenvalue weighted by molar-refractivity contribution is 6.35. The minimum atomic E-state index is -0.812. The fraction of sp³-hybridized carbons (Fsp3) is 0.206. The van der Waals surface area contributed by atoms with E-state index in [0.717, 1.165) is 22.1 Å². The normalized spacial score (nSPS) is 14.2. The SMILES string of the molecule is CCCOc1ccc(CN2C(=O)NC(=O)/C(=C\c3c(OCc4ccc(Cl)cc4Cl)ccc4ccccc34)C2=O)cc1OCC. The number of nitrogens with zero attached hydrogens (tertiary/aromatic N) is 1. The second-order valence-corrected chi connectivity index (χ2v) is 10.8. The van der Waals surface area contributed by atoms with Crippen molar-refractivity contribution in [1.29, 1.82) is 0 Å². The molecule has 4 amide bonds. The third-order valence-electron chi connectivity index (χ3n) is 6.91. The quantitative estimate of drug-likeness (QED) is 0.135. The molecule has 0 spiro atoms. The molecule has 8 nitrogen and oxygen atoms in total. The molecule has 44 heavy (non-hydrogen) atoms. The molecular formula is C34H30Cl2N2O6. The number of amides is 4. The van der Waals surface area contributed by atoms with Gasteiger partial charge in [0.15, 0.2) is 11.5 Å². The number of rotatable bonds is 11. The Bertz CT molecular complexity index is 1770. The van der Waals surface area contributed by atoms with Gasteiger partial charge in [0.1, 0.15) is 17.9 Å². The van der Waals surface area contributed by atoms with Crippen LogP contribution in [-0.2, 0) is 22.7 Å². The molecule has 4 aromatic carbocycles. The molecule has 1 N–H and O–H groups in total. The summed E-state index contributed by atoms with van der Waals surface area (Å²) in [6.07, 6.45) is 2.29. The monoisotopic (exact) mass is 632 g/mol. The van der Waals surface area contributed by atoms with E-state index < -0.39 is 17.8 Å². The topological polar surface area (TPSA) is 94.2 Å². The molecular weight excluding hydrogens is 603 g/mol. The molecule has 10 heteroatoms. The number of barbiturate groups is 1. The highest BCUT2D eigenvalue weighted by atomic mass is 35.5. The number of benzene rings is 4. The molecule has 5 rings (SSSR count). The van der Waals surface area contributed by atoms with Gasteiger partial charge in [-0.2, -0.15) is 0 Å².